The highest BCUT2D eigenvalue weighted by molar-refractivity contribution is 6.09. The summed E-state index contributed by atoms with van der Waals surface area (Å²) in [4.78, 5) is 0. The first kappa shape index (κ1) is 32.5. The van der Waals surface area contributed by atoms with E-state index in [2.05, 4.69) is 26.0 Å². The van der Waals surface area contributed by atoms with Gasteiger partial charge in [0.2, 0.25) is 0 Å². The maximum absolute atomic E-state index is 14.1. The molecule has 1 aliphatic heterocycles. The average molecular weight is 685 g/mol. The fourth-order valence-corrected chi connectivity index (χ4v) is 7.89. The smallest absolute Gasteiger partial charge is 0.417 e. The van der Waals surface area contributed by atoms with Gasteiger partial charge in [-0.3, -0.25) is 0 Å². The highest BCUT2D eigenvalue weighted by atomic mass is 19.4. The number of hydrogen-bond donors (Lipinski definition) is 0. The van der Waals surface area contributed by atoms with E-state index in [9.17, 15) is 13.2 Å². The fourth-order valence-electron chi connectivity index (χ4n) is 7.89. The third kappa shape index (κ3) is 4.97. The lowest BCUT2D eigenvalue weighted by molar-refractivity contribution is -0.137. The molecule has 6 aromatic rings. The van der Waals surface area contributed by atoms with Gasteiger partial charge in [0.05, 0.1) is 26.9 Å². The van der Waals surface area contributed by atoms with Crippen molar-refractivity contribution in [1.29, 1.82) is 0 Å². The molecule has 256 valence electrons. The lowest BCUT2D eigenvalue weighted by atomic mass is 9.76. The Kier molecular flexibility index (Phi) is 7.45. The summed E-state index contributed by atoms with van der Waals surface area (Å²) in [7, 11) is 4.92. The minimum Gasteiger partial charge on any atom is -0.497 e. The molecule has 0 fully saturated rings. The van der Waals surface area contributed by atoms with Crippen molar-refractivity contribution in [3.8, 4) is 45.3 Å². The van der Waals surface area contributed by atoms with Crippen molar-refractivity contribution in [2.75, 3.05) is 21.3 Å². The Hall–Kier alpha value is -5.69. The van der Waals surface area contributed by atoms with Crippen LogP contribution in [0.3, 0.4) is 0 Å². The highest BCUT2D eigenvalue weighted by Gasteiger charge is 2.45. The van der Waals surface area contributed by atoms with Crippen molar-refractivity contribution in [1.82, 2.24) is 0 Å². The molecule has 1 aliphatic carbocycles. The molecule has 0 aromatic heterocycles. The molecule has 1 heterocycles. The fraction of sp³-hybridized carbons (Fsp3) is 0.182. The van der Waals surface area contributed by atoms with Crippen molar-refractivity contribution < 1.29 is 32.1 Å². The van der Waals surface area contributed by atoms with Crippen LogP contribution in [0.2, 0.25) is 0 Å². The summed E-state index contributed by atoms with van der Waals surface area (Å²) in [5.41, 5.74) is 5.15. The van der Waals surface area contributed by atoms with Gasteiger partial charge >= 0.3 is 6.18 Å². The Labute approximate surface area is 294 Å². The van der Waals surface area contributed by atoms with Crippen molar-refractivity contribution >= 4 is 16.8 Å². The molecule has 0 bridgehead atoms. The number of ether oxygens (including phenoxy) is 4. The Morgan fingerprint density at radius 3 is 1.84 bits per heavy atom. The zero-order valence-electron chi connectivity index (χ0n) is 28.8. The predicted molar refractivity (Wildman–Crippen MR) is 195 cm³/mol. The third-order valence-corrected chi connectivity index (χ3v) is 10.4. The first-order chi connectivity index (χ1) is 24.5. The maximum atomic E-state index is 14.1. The van der Waals surface area contributed by atoms with E-state index in [1.54, 1.807) is 33.5 Å². The van der Waals surface area contributed by atoms with E-state index in [0.717, 1.165) is 67.3 Å². The third-order valence-electron chi connectivity index (χ3n) is 10.4. The van der Waals surface area contributed by atoms with Crippen LogP contribution < -0.4 is 18.9 Å². The zero-order chi connectivity index (χ0) is 35.7. The first-order valence-electron chi connectivity index (χ1n) is 16.7. The quantitative estimate of drug-likeness (QED) is 0.175. The van der Waals surface area contributed by atoms with Crippen LogP contribution in [-0.2, 0) is 17.2 Å². The molecule has 0 saturated heterocycles. The second kappa shape index (κ2) is 11.7. The molecule has 0 unspecified atom stereocenters. The van der Waals surface area contributed by atoms with Crippen LogP contribution in [0, 0.1) is 0 Å². The van der Waals surface area contributed by atoms with E-state index in [1.807, 2.05) is 78.9 Å². The minimum absolute atomic E-state index is 0.153. The molecular formula is C44H35F3O4. The van der Waals surface area contributed by atoms with Gasteiger partial charge in [-0.1, -0.05) is 74.5 Å². The number of fused-ring (bicyclic) bond motifs is 8. The van der Waals surface area contributed by atoms with E-state index in [0.29, 0.717) is 17.1 Å². The Balaban J connectivity index is 1.38. The van der Waals surface area contributed by atoms with E-state index in [-0.39, 0.29) is 5.56 Å². The van der Waals surface area contributed by atoms with Gasteiger partial charge in [-0.2, -0.15) is 13.2 Å². The number of alkyl halides is 3. The highest BCUT2D eigenvalue weighted by Crippen LogP contribution is 2.59. The molecule has 2 aliphatic rings. The molecule has 0 atom stereocenters. The van der Waals surface area contributed by atoms with Crippen molar-refractivity contribution in [3.63, 3.8) is 0 Å². The van der Waals surface area contributed by atoms with Crippen LogP contribution in [0.4, 0.5) is 13.2 Å². The maximum Gasteiger partial charge on any atom is 0.417 e. The summed E-state index contributed by atoms with van der Waals surface area (Å²) in [6, 6.07) is 33.1. The van der Waals surface area contributed by atoms with Gasteiger partial charge in [-0.25, -0.2) is 0 Å². The van der Waals surface area contributed by atoms with Crippen LogP contribution in [0.5, 0.6) is 23.0 Å². The lowest BCUT2D eigenvalue weighted by Crippen LogP contribution is -2.35. The standard InChI is InChI=1S/C44H35F3O4/c1-42(2)38-24-26(32-8-6-7-9-37(32)44(45,46)47)10-20-34(38)39-36-25-31(50-5)19-21-33(36)41-35(40(39)42)22-23-43(51-41,27-11-15-29(48-3)16-12-27)28-13-17-30(49-4)18-14-28/h6-25H,1-5H3. The van der Waals surface area contributed by atoms with Crippen LogP contribution in [0.25, 0.3) is 39.1 Å². The summed E-state index contributed by atoms with van der Waals surface area (Å²) >= 11 is 0. The van der Waals surface area contributed by atoms with Gasteiger partial charge in [-0.05, 0) is 99.4 Å². The largest absolute Gasteiger partial charge is 0.497 e. The van der Waals surface area contributed by atoms with Crippen LogP contribution in [0.1, 0.15) is 47.2 Å². The van der Waals surface area contributed by atoms with E-state index in [1.165, 1.54) is 12.1 Å². The average Bonchev–Trinajstić information content (AvgIpc) is 3.40. The monoisotopic (exact) mass is 684 g/mol. The van der Waals surface area contributed by atoms with E-state index < -0.39 is 22.8 Å². The van der Waals surface area contributed by atoms with Crippen LogP contribution >= 0.6 is 0 Å². The number of benzene rings is 6. The molecule has 0 amide bonds. The van der Waals surface area contributed by atoms with Crippen LogP contribution in [-0.4, -0.2) is 21.3 Å². The normalized spacial score (nSPS) is 15.1. The summed E-state index contributed by atoms with van der Waals surface area (Å²) < 4.78 is 66.5. The molecule has 51 heavy (non-hydrogen) atoms. The summed E-state index contributed by atoms with van der Waals surface area (Å²) in [6.45, 7) is 4.26. The van der Waals surface area contributed by atoms with E-state index in [4.69, 9.17) is 18.9 Å². The number of hydrogen-bond acceptors (Lipinski definition) is 4. The Morgan fingerprint density at radius 2 is 1.24 bits per heavy atom. The van der Waals surface area contributed by atoms with Gasteiger partial charge in [0.25, 0.3) is 0 Å². The van der Waals surface area contributed by atoms with E-state index >= 15 is 0 Å². The summed E-state index contributed by atoms with van der Waals surface area (Å²) in [6.07, 6.45) is -0.246. The molecular weight excluding hydrogens is 649 g/mol. The first-order valence-corrected chi connectivity index (χ1v) is 16.7. The van der Waals surface area contributed by atoms with Gasteiger partial charge in [0.1, 0.15) is 23.0 Å². The molecule has 0 spiro atoms. The van der Waals surface area contributed by atoms with Crippen molar-refractivity contribution in [2.45, 2.75) is 31.0 Å². The van der Waals surface area contributed by atoms with Gasteiger partial charge in [-0.15, -0.1) is 0 Å². The molecule has 8 rings (SSSR count). The van der Waals surface area contributed by atoms with Crippen LogP contribution in [0.15, 0.2) is 115 Å². The Bertz CT molecular complexity index is 2310. The topological polar surface area (TPSA) is 36.9 Å². The SMILES string of the molecule is COc1ccc(C2(c3ccc(OC)cc3)C=Cc3c4c(c5cc(OC)ccc5c3O2)-c2ccc(-c3ccccc3C(F)(F)F)cc2C4(C)C)cc1. The minimum atomic E-state index is -4.48. The summed E-state index contributed by atoms with van der Waals surface area (Å²) in [5, 5.41) is 1.84. The second-order valence-electron chi connectivity index (χ2n) is 13.5. The number of rotatable bonds is 6. The zero-order valence-corrected chi connectivity index (χ0v) is 28.8. The van der Waals surface area contributed by atoms with Crippen molar-refractivity contribution in [3.05, 3.63) is 149 Å². The lowest BCUT2D eigenvalue weighted by Gasteiger charge is -2.38. The molecule has 0 saturated carbocycles. The number of methoxy groups -OCH3 is 3. The Morgan fingerprint density at radius 1 is 0.627 bits per heavy atom. The van der Waals surface area contributed by atoms with Gasteiger partial charge in [0.15, 0.2) is 5.60 Å². The molecule has 6 aromatic carbocycles. The number of halogens is 3. The predicted octanol–water partition coefficient (Wildman–Crippen LogP) is 11.2. The molecule has 0 radical (unpaired) electrons. The van der Waals surface area contributed by atoms with Gasteiger partial charge in [0, 0.05) is 27.5 Å². The second-order valence-corrected chi connectivity index (χ2v) is 13.5. The molecule has 4 nitrogen and oxygen atoms in total. The van der Waals surface area contributed by atoms with Gasteiger partial charge < -0.3 is 18.9 Å². The summed E-state index contributed by atoms with van der Waals surface area (Å²) in [5.74, 6) is 2.87. The molecule has 7 heteroatoms. The van der Waals surface area contributed by atoms with Crippen molar-refractivity contribution in [2.24, 2.45) is 0 Å². The molecule has 0 N–H and O–H groups in total.